The summed E-state index contributed by atoms with van der Waals surface area (Å²) in [5, 5.41) is 19.3. The Labute approximate surface area is 134 Å². The van der Waals surface area contributed by atoms with Gasteiger partial charge < -0.3 is 10.4 Å². The number of carbonyl (C=O) groups is 2. The summed E-state index contributed by atoms with van der Waals surface area (Å²) in [6.07, 6.45) is 1.17. The number of nitrogens with zero attached hydrogens (tertiary/aromatic N) is 2. The van der Waals surface area contributed by atoms with E-state index in [1.807, 2.05) is 0 Å². The van der Waals surface area contributed by atoms with Crippen LogP contribution >= 0.6 is 35.0 Å². The molecule has 1 heterocycles. The number of carboxylic acids is 1. The average molecular weight is 346 g/mol. The Morgan fingerprint density at radius 2 is 2.05 bits per heavy atom. The van der Waals surface area contributed by atoms with Gasteiger partial charge >= 0.3 is 5.97 Å². The van der Waals surface area contributed by atoms with Gasteiger partial charge in [0.15, 0.2) is 5.17 Å². The van der Waals surface area contributed by atoms with E-state index in [0.717, 1.165) is 11.8 Å². The number of hydrogen-bond donors (Lipinski definition) is 2. The van der Waals surface area contributed by atoms with Crippen molar-refractivity contribution in [2.24, 2.45) is 10.2 Å². The third-order valence-corrected chi connectivity index (χ3v) is 3.89. The van der Waals surface area contributed by atoms with E-state index in [4.69, 9.17) is 28.3 Å². The van der Waals surface area contributed by atoms with E-state index in [1.54, 1.807) is 18.2 Å². The van der Waals surface area contributed by atoms with Gasteiger partial charge in [-0.2, -0.15) is 5.10 Å². The third kappa shape index (κ3) is 4.73. The predicted octanol–water partition coefficient (Wildman–Crippen LogP) is 2.39. The molecule has 0 aromatic heterocycles. The highest BCUT2D eigenvalue weighted by atomic mass is 35.5. The predicted molar refractivity (Wildman–Crippen MR) is 83.3 cm³/mol. The summed E-state index contributed by atoms with van der Waals surface area (Å²) in [5.41, 5.74) is 0.660. The van der Waals surface area contributed by atoms with Crippen LogP contribution in [0.4, 0.5) is 0 Å². The highest BCUT2D eigenvalue weighted by Crippen LogP contribution is 2.22. The Balaban J connectivity index is 2.03. The number of rotatable bonds is 4. The van der Waals surface area contributed by atoms with Crippen LogP contribution in [0.5, 0.6) is 0 Å². The Bertz CT molecular complexity index is 628. The molecule has 1 atom stereocenters. The summed E-state index contributed by atoms with van der Waals surface area (Å²) in [4.78, 5) is 22.1. The molecule has 1 aliphatic rings. The van der Waals surface area contributed by atoms with Crippen molar-refractivity contribution in [1.29, 1.82) is 0 Å². The quantitative estimate of drug-likeness (QED) is 0.647. The standard InChI is InChI=1S/C12H9Cl2N3O3S/c13-7-1-6(2-8(14)3-7)5-15-17-12-16-11(20)9(21-12)4-10(18)19/h1-3,5,9H,4H2,(H,18,19)(H,16,17,20). The number of hydrogen-bond acceptors (Lipinski definition) is 5. The molecular weight excluding hydrogens is 337 g/mol. The van der Waals surface area contributed by atoms with E-state index < -0.39 is 11.2 Å². The summed E-state index contributed by atoms with van der Waals surface area (Å²) in [7, 11) is 0. The van der Waals surface area contributed by atoms with Gasteiger partial charge in [0.05, 0.1) is 12.6 Å². The van der Waals surface area contributed by atoms with Crippen molar-refractivity contribution in [3.05, 3.63) is 33.8 Å². The monoisotopic (exact) mass is 345 g/mol. The van der Waals surface area contributed by atoms with Crippen molar-refractivity contribution in [2.45, 2.75) is 11.7 Å². The summed E-state index contributed by atoms with van der Waals surface area (Å²) in [5.74, 6) is -1.43. The first-order valence-corrected chi connectivity index (χ1v) is 7.34. The molecule has 1 aromatic rings. The van der Waals surface area contributed by atoms with Crippen molar-refractivity contribution >= 4 is 58.2 Å². The van der Waals surface area contributed by atoms with Gasteiger partial charge in [0, 0.05) is 10.0 Å². The molecule has 1 saturated heterocycles. The van der Waals surface area contributed by atoms with E-state index >= 15 is 0 Å². The SMILES string of the molecule is O=C(O)CC1SC(=NN=Cc2cc(Cl)cc(Cl)c2)NC1=O. The second-order valence-electron chi connectivity index (χ2n) is 4.05. The number of halogens is 2. The van der Waals surface area contributed by atoms with Crippen LogP contribution in [-0.4, -0.2) is 33.6 Å². The lowest BCUT2D eigenvalue weighted by Gasteiger charge is -1.97. The van der Waals surface area contributed by atoms with Crippen molar-refractivity contribution in [3.63, 3.8) is 0 Å². The van der Waals surface area contributed by atoms with Crippen LogP contribution in [-0.2, 0) is 9.59 Å². The summed E-state index contributed by atoms with van der Waals surface area (Å²) in [6, 6.07) is 4.91. The van der Waals surface area contributed by atoms with Crippen LogP contribution in [0.15, 0.2) is 28.4 Å². The van der Waals surface area contributed by atoms with E-state index in [1.165, 1.54) is 6.21 Å². The lowest BCUT2D eigenvalue weighted by atomic mass is 10.2. The van der Waals surface area contributed by atoms with Gasteiger partial charge in [-0.1, -0.05) is 35.0 Å². The zero-order valence-corrected chi connectivity index (χ0v) is 12.7. The van der Waals surface area contributed by atoms with Crippen LogP contribution in [0.2, 0.25) is 10.0 Å². The zero-order valence-electron chi connectivity index (χ0n) is 10.4. The van der Waals surface area contributed by atoms with E-state index in [-0.39, 0.29) is 17.5 Å². The first kappa shape index (κ1) is 15.8. The zero-order chi connectivity index (χ0) is 15.4. The van der Waals surface area contributed by atoms with Crippen LogP contribution < -0.4 is 5.32 Å². The maximum absolute atomic E-state index is 11.5. The number of amides is 1. The minimum atomic E-state index is -1.04. The first-order valence-electron chi connectivity index (χ1n) is 5.70. The molecular formula is C12H9Cl2N3O3S. The second-order valence-corrected chi connectivity index (χ2v) is 6.11. The van der Waals surface area contributed by atoms with E-state index in [0.29, 0.717) is 15.6 Å². The van der Waals surface area contributed by atoms with Crippen molar-refractivity contribution in [3.8, 4) is 0 Å². The number of carboxylic acid groups (broad SMARTS) is 1. The van der Waals surface area contributed by atoms with Crippen LogP contribution in [0.3, 0.4) is 0 Å². The maximum Gasteiger partial charge on any atom is 0.305 e. The molecule has 0 saturated carbocycles. The molecule has 0 spiro atoms. The number of nitrogens with one attached hydrogen (secondary N) is 1. The van der Waals surface area contributed by atoms with Crippen molar-refractivity contribution in [1.82, 2.24) is 5.32 Å². The van der Waals surface area contributed by atoms with Crippen LogP contribution in [0, 0.1) is 0 Å². The van der Waals surface area contributed by atoms with Gasteiger partial charge in [-0.3, -0.25) is 9.59 Å². The molecule has 2 rings (SSSR count). The molecule has 2 N–H and O–H groups in total. The second kappa shape index (κ2) is 6.93. The topological polar surface area (TPSA) is 91.1 Å². The fourth-order valence-electron chi connectivity index (χ4n) is 1.54. The van der Waals surface area contributed by atoms with E-state index in [2.05, 4.69) is 15.5 Å². The molecule has 6 nitrogen and oxygen atoms in total. The fourth-order valence-corrected chi connectivity index (χ4v) is 3.00. The smallest absolute Gasteiger partial charge is 0.305 e. The molecule has 1 unspecified atom stereocenters. The number of thioether (sulfide) groups is 1. The van der Waals surface area contributed by atoms with Crippen LogP contribution in [0.1, 0.15) is 12.0 Å². The van der Waals surface area contributed by atoms with Crippen molar-refractivity contribution < 1.29 is 14.7 Å². The molecule has 1 aliphatic heterocycles. The summed E-state index contributed by atoms with van der Waals surface area (Å²) >= 11 is 12.7. The van der Waals surface area contributed by atoms with Crippen LogP contribution in [0.25, 0.3) is 0 Å². The molecule has 0 radical (unpaired) electrons. The molecule has 0 bridgehead atoms. The average Bonchev–Trinajstić information content (AvgIpc) is 2.68. The van der Waals surface area contributed by atoms with E-state index in [9.17, 15) is 9.59 Å². The Morgan fingerprint density at radius 1 is 1.38 bits per heavy atom. The summed E-state index contributed by atoms with van der Waals surface area (Å²) in [6.45, 7) is 0. The van der Waals surface area contributed by atoms with Gasteiger partial charge in [-0.15, -0.1) is 5.10 Å². The first-order chi connectivity index (χ1) is 9.94. The minimum absolute atomic E-state index is 0.260. The van der Waals surface area contributed by atoms with Gasteiger partial charge in [-0.05, 0) is 23.8 Å². The lowest BCUT2D eigenvalue weighted by molar-refractivity contribution is -0.138. The van der Waals surface area contributed by atoms with Gasteiger partial charge in [-0.25, -0.2) is 0 Å². The molecule has 21 heavy (non-hydrogen) atoms. The molecule has 9 heteroatoms. The number of benzene rings is 1. The maximum atomic E-state index is 11.5. The number of aliphatic carboxylic acids is 1. The van der Waals surface area contributed by atoms with Gasteiger partial charge in [0.2, 0.25) is 5.91 Å². The van der Waals surface area contributed by atoms with Gasteiger partial charge in [0.1, 0.15) is 5.25 Å². The molecule has 1 amide bonds. The molecule has 1 fully saturated rings. The molecule has 0 aliphatic carbocycles. The van der Waals surface area contributed by atoms with Gasteiger partial charge in [0.25, 0.3) is 0 Å². The highest BCUT2D eigenvalue weighted by molar-refractivity contribution is 8.15. The summed E-state index contributed by atoms with van der Waals surface area (Å²) < 4.78 is 0. The number of amidine groups is 1. The van der Waals surface area contributed by atoms with Crippen molar-refractivity contribution in [2.75, 3.05) is 0 Å². The largest absolute Gasteiger partial charge is 0.481 e. The highest BCUT2D eigenvalue weighted by Gasteiger charge is 2.32. The minimum Gasteiger partial charge on any atom is -0.481 e. The fraction of sp³-hybridized carbons (Fsp3) is 0.167. The Morgan fingerprint density at radius 3 is 2.67 bits per heavy atom. The lowest BCUT2D eigenvalue weighted by Crippen LogP contribution is -2.26. The molecule has 110 valence electrons. The normalized spacial score (nSPS) is 20.2. The third-order valence-electron chi connectivity index (χ3n) is 2.38. The Kier molecular flexibility index (Phi) is 5.22. The molecule has 1 aromatic carbocycles. The number of carbonyl (C=O) groups excluding carboxylic acids is 1. The Hall–Kier alpha value is -1.57.